The minimum atomic E-state index is 0.494. The van der Waals surface area contributed by atoms with E-state index >= 15 is 0 Å². The van der Waals surface area contributed by atoms with E-state index in [2.05, 4.69) is 150 Å². The Balaban J connectivity index is 0.00000107. The summed E-state index contributed by atoms with van der Waals surface area (Å²) in [6.07, 6.45) is 1.50. The van der Waals surface area contributed by atoms with E-state index in [1.54, 1.807) is 0 Å². The average Bonchev–Trinajstić information content (AvgIpc) is 3.29. The average molecular weight is 574 g/mol. The minimum absolute atomic E-state index is 0.494. The third kappa shape index (κ3) is 7.75. The van der Waals surface area contributed by atoms with Gasteiger partial charge in [-0.1, -0.05) is 91.8 Å². The van der Waals surface area contributed by atoms with Crippen LogP contribution in [0.3, 0.4) is 0 Å². The van der Waals surface area contributed by atoms with Crippen molar-refractivity contribution in [3.05, 3.63) is 85.6 Å². The molecule has 1 aliphatic heterocycles. The molecule has 5 radical (unpaired) electrons. The molecule has 4 heteroatoms. The van der Waals surface area contributed by atoms with E-state index in [0.717, 1.165) is 13.1 Å². The van der Waals surface area contributed by atoms with Crippen LogP contribution < -0.4 is 9.80 Å². The molecule has 34 heavy (non-hydrogen) atoms. The fourth-order valence-corrected chi connectivity index (χ4v) is 4.42. The van der Waals surface area contributed by atoms with Gasteiger partial charge >= 0.3 is 27.7 Å². The molecule has 0 aliphatic carbocycles. The first kappa shape index (κ1) is 31.0. The summed E-state index contributed by atoms with van der Waals surface area (Å²) in [6, 6.07) is 13.6. The first-order valence-corrected chi connectivity index (χ1v) is 14.2. The second-order valence-corrected chi connectivity index (χ2v) is 9.88. The van der Waals surface area contributed by atoms with Gasteiger partial charge in [-0.3, -0.25) is 0 Å². The summed E-state index contributed by atoms with van der Waals surface area (Å²) in [7, 11) is 4.49. The van der Waals surface area contributed by atoms with Crippen LogP contribution in [0.25, 0.3) is 0 Å². The van der Waals surface area contributed by atoms with Crippen molar-refractivity contribution in [2.45, 2.75) is 79.1 Å². The molecule has 0 amide bonds. The van der Waals surface area contributed by atoms with Crippen molar-refractivity contribution in [3.63, 3.8) is 0 Å². The van der Waals surface area contributed by atoms with E-state index in [1.807, 2.05) is 0 Å². The fraction of sp³-hybridized carbons (Fsp3) is 0.467. The topological polar surface area (TPSA) is 6.48 Å². The first-order valence-electron chi connectivity index (χ1n) is 12.2. The van der Waals surface area contributed by atoms with Crippen molar-refractivity contribution in [1.29, 1.82) is 0 Å². The van der Waals surface area contributed by atoms with Crippen LogP contribution in [0, 0.1) is 26.9 Å². The van der Waals surface area contributed by atoms with Gasteiger partial charge in [-0.2, -0.15) is 0 Å². The summed E-state index contributed by atoms with van der Waals surface area (Å²) in [5.74, 6) is 1.98. The molecule has 0 aromatic heterocycles. The summed E-state index contributed by atoms with van der Waals surface area (Å²) in [5.41, 5.74) is 8.43. The predicted molar refractivity (Wildman–Crippen MR) is 148 cm³/mol. The van der Waals surface area contributed by atoms with Crippen LogP contribution in [0.15, 0.2) is 36.4 Å². The summed E-state index contributed by atoms with van der Waals surface area (Å²) in [4.78, 5) is 4.76. The molecule has 189 valence electrons. The number of para-hydroxylation sites is 2. The molecule has 2 aromatic carbocycles. The molecule has 0 unspecified atom stereocenters. The molecule has 3 rings (SSSR count). The Kier molecular flexibility index (Phi) is 13.9. The normalized spacial score (nSPS) is 13.4. The van der Waals surface area contributed by atoms with Gasteiger partial charge in [-0.25, -0.2) is 0 Å². The number of nitrogens with zero attached hydrogens (tertiary/aromatic N) is 2. The summed E-state index contributed by atoms with van der Waals surface area (Å²) < 4.78 is 0. The molecule has 0 bridgehead atoms. The van der Waals surface area contributed by atoms with Crippen LogP contribution in [0.5, 0.6) is 0 Å². The van der Waals surface area contributed by atoms with Gasteiger partial charge in [0.25, 0.3) is 0 Å². The molecule has 0 N–H and O–H groups in total. The van der Waals surface area contributed by atoms with Crippen LogP contribution >= 0.6 is 9.53 Å². The van der Waals surface area contributed by atoms with Crippen molar-refractivity contribution < 1.29 is 18.2 Å². The van der Waals surface area contributed by atoms with Crippen LogP contribution in [-0.2, 0) is 18.2 Å². The van der Waals surface area contributed by atoms with Gasteiger partial charge in [0.05, 0.1) is 0 Å². The van der Waals surface area contributed by atoms with Crippen molar-refractivity contribution in [1.82, 2.24) is 0 Å². The SMILES string of the molecule is CC(C)c1cccc(C(C)C)c1N1[C]N(c2c(C(C)C)cccc2C(C)C)CC1.[CH2][CH][CH2].[Cl][Pd+]. The van der Waals surface area contributed by atoms with Crippen LogP contribution in [0.1, 0.15) is 101 Å². The second kappa shape index (κ2) is 15.2. The van der Waals surface area contributed by atoms with Gasteiger partial charge in [0.1, 0.15) is 0 Å². The van der Waals surface area contributed by atoms with E-state index in [9.17, 15) is 0 Å². The molecule has 2 nitrogen and oxygen atoms in total. The molecule has 0 spiro atoms. The fourth-order valence-electron chi connectivity index (χ4n) is 4.42. The van der Waals surface area contributed by atoms with Gasteiger partial charge in [0.15, 0.2) is 0 Å². The summed E-state index contributed by atoms with van der Waals surface area (Å²) >= 11 is 2.22. The maximum atomic E-state index is 4.49. The van der Waals surface area contributed by atoms with Crippen molar-refractivity contribution >= 4 is 20.9 Å². The molecule has 0 atom stereocenters. The molecule has 0 saturated carbocycles. The summed E-state index contributed by atoms with van der Waals surface area (Å²) in [5, 5.41) is 0. The van der Waals surface area contributed by atoms with Gasteiger partial charge in [-0.15, -0.1) is 0 Å². The zero-order valence-electron chi connectivity index (χ0n) is 22.3. The molecular formula is C30H43ClN2Pd+. The standard InChI is InChI=1S/C27H38N2.C3H5.ClH.Pd/c1-18(2)22-11-9-12-23(19(3)4)26(22)28-15-16-29(17-28)27-24(20(5)6)13-10-14-25(27)21(7)8;1-3-2;;/h9-14,18-21H,15-16H2,1-8H3;3H,1-2H2;1H;/q;;;+2/p-1. The van der Waals surface area contributed by atoms with E-state index in [4.69, 9.17) is 0 Å². The number of hydrogen-bond acceptors (Lipinski definition) is 2. The zero-order chi connectivity index (χ0) is 26.0. The third-order valence-electron chi connectivity index (χ3n) is 6.01. The van der Waals surface area contributed by atoms with Crippen LogP contribution in [-0.4, -0.2) is 13.1 Å². The third-order valence-corrected chi connectivity index (χ3v) is 6.01. The number of anilines is 2. The summed E-state index contributed by atoms with van der Waals surface area (Å²) in [6.45, 7) is 30.6. The molecule has 1 fully saturated rings. The van der Waals surface area contributed by atoms with Crippen molar-refractivity contribution in [3.8, 4) is 0 Å². The van der Waals surface area contributed by atoms with Gasteiger partial charge in [0, 0.05) is 24.5 Å². The Morgan fingerprint density at radius 3 is 1.12 bits per heavy atom. The number of rotatable bonds is 6. The quantitative estimate of drug-likeness (QED) is 0.318. The van der Waals surface area contributed by atoms with E-state index in [1.165, 1.54) is 40.0 Å². The Morgan fingerprint density at radius 1 is 0.676 bits per heavy atom. The molecule has 2 aromatic rings. The van der Waals surface area contributed by atoms with Gasteiger partial charge in [0.2, 0.25) is 6.67 Å². The molecule has 1 aliphatic rings. The molecule has 1 heterocycles. The Bertz CT molecular complexity index is 739. The van der Waals surface area contributed by atoms with Crippen molar-refractivity contribution in [2.75, 3.05) is 22.9 Å². The van der Waals surface area contributed by atoms with Gasteiger partial charge in [-0.05, 0) is 66.2 Å². The molecular weight excluding hydrogens is 530 g/mol. The van der Waals surface area contributed by atoms with Crippen molar-refractivity contribution in [2.24, 2.45) is 0 Å². The van der Waals surface area contributed by atoms with E-state index in [-0.39, 0.29) is 0 Å². The Labute approximate surface area is 225 Å². The second-order valence-electron chi connectivity index (χ2n) is 9.88. The maximum absolute atomic E-state index is 4.49. The Morgan fingerprint density at radius 2 is 0.912 bits per heavy atom. The van der Waals surface area contributed by atoms with Crippen LogP contribution in [0.2, 0.25) is 0 Å². The predicted octanol–water partition coefficient (Wildman–Crippen LogP) is 9.05. The number of benzene rings is 2. The van der Waals surface area contributed by atoms with Gasteiger partial charge < -0.3 is 9.80 Å². The van der Waals surface area contributed by atoms with E-state index < -0.39 is 0 Å². The Hall–Kier alpha value is -1.01. The molecule has 1 saturated heterocycles. The zero-order valence-corrected chi connectivity index (χ0v) is 24.6. The number of halogens is 1. The monoisotopic (exact) mass is 572 g/mol. The van der Waals surface area contributed by atoms with Crippen LogP contribution in [0.4, 0.5) is 11.4 Å². The number of hydrogen-bond donors (Lipinski definition) is 0. The van der Waals surface area contributed by atoms with E-state index in [0.29, 0.717) is 23.7 Å². The first-order chi connectivity index (χ1) is 16.1.